The minimum absolute atomic E-state index is 0.264. The summed E-state index contributed by atoms with van der Waals surface area (Å²) in [5.74, 6) is 0. The van der Waals surface area contributed by atoms with Crippen molar-refractivity contribution in [2.75, 3.05) is 6.54 Å². The van der Waals surface area contributed by atoms with Crippen LogP contribution in [-0.2, 0) is 17.8 Å². The fourth-order valence-corrected chi connectivity index (χ4v) is 3.02. The molecule has 1 N–H and O–H groups in total. The standard InChI is InChI=1S/C11H14ClIN5OP/c1-8(12)11(4-16-18(7-19)20-13)17-3-2-9-10(5-17)15-6-14-9/h4,6-7,20H,2-3,5H2,1H3,(H,14,15)/b11-8-,16-4-. The average molecular weight is 426 g/mol. The maximum atomic E-state index is 10.8. The Kier molecular flexibility index (Phi) is 5.80. The second kappa shape index (κ2) is 7.38. The number of halogens is 2. The summed E-state index contributed by atoms with van der Waals surface area (Å²) >= 11 is 8.26. The SMILES string of the molecule is C/C(Cl)=C(\C=N/N(C=O)PI)N1CCc2nc[nH]c2C1. The van der Waals surface area contributed by atoms with E-state index in [0.717, 1.165) is 30.1 Å². The van der Waals surface area contributed by atoms with Crippen LogP contribution in [-0.4, -0.2) is 38.8 Å². The fourth-order valence-electron chi connectivity index (χ4n) is 1.99. The summed E-state index contributed by atoms with van der Waals surface area (Å²) < 4.78 is 1.34. The molecule has 0 saturated heterocycles. The molecule has 0 radical (unpaired) electrons. The van der Waals surface area contributed by atoms with Gasteiger partial charge in [-0.05, 0) is 29.0 Å². The molecule has 0 saturated carbocycles. The van der Waals surface area contributed by atoms with Crippen LogP contribution in [0.2, 0.25) is 0 Å². The first kappa shape index (κ1) is 15.7. The van der Waals surface area contributed by atoms with Gasteiger partial charge in [-0.25, -0.2) is 9.76 Å². The van der Waals surface area contributed by atoms with E-state index in [0.29, 0.717) is 18.0 Å². The number of nitrogens with one attached hydrogen (secondary N) is 1. The number of carbonyl (C=O) groups is 1. The van der Waals surface area contributed by atoms with Crippen LogP contribution in [0.1, 0.15) is 18.3 Å². The third-order valence-electron chi connectivity index (χ3n) is 2.96. The molecule has 20 heavy (non-hydrogen) atoms. The first-order valence-corrected chi connectivity index (χ1v) is 10.4. The van der Waals surface area contributed by atoms with E-state index in [1.807, 2.05) is 6.92 Å². The summed E-state index contributed by atoms with van der Waals surface area (Å²) in [6.07, 6.45) is 5.19. The molecule has 0 spiro atoms. The zero-order valence-corrected chi connectivity index (χ0v) is 14.7. The molecular weight excluding hydrogens is 411 g/mol. The van der Waals surface area contributed by atoms with Gasteiger partial charge in [0.25, 0.3) is 0 Å². The minimum Gasteiger partial charge on any atom is -0.363 e. The van der Waals surface area contributed by atoms with Gasteiger partial charge in [0, 0.05) is 18.0 Å². The number of rotatable bonds is 5. The average Bonchev–Trinajstić information content (AvgIpc) is 2.90. The van der Waals surface area contributed by atoms with Crippen LogP contribution in [0.3, 0.4) is 0 Å². The molecule has 1 aromatic heterocycles. The molecule has 0 fully saturated rings. The molecule has 2 heterocycles. The van der Waals surface area contributed by atoms with E-state index >= 15 is 0 Å². The Balaban J connectivity index is 2.15. The zero-order chi connectivity index (χ0) is 14.5. The quantitative estimate of drug-likeness (QED) is 0.259. The molecule has 6 nitrogen and oxygen atoms in total. The Morgan fingerprint density at radius 2 is 2.55 bits per heavy atom. The number of aromatic nitrogens is 2. The monoisotopic (exact) mass is 425 g/mol. The molecule has 0 aliphatic carbocycles. The molecule has 1 atom stereocenters. The lowest BCUT2D eigenvalue weighted by atomic mass is 10.1. The van der Waals surface area contributed by atoms with Gasteiger partial charge >= 0.3 is 0 Å². The third-order valence-corrected chi connectivity index (χ3v) is 5.03. The number of carbonyl (C=O) groups excluding carboxylic acids is 1. The molecule has 9 heteroatoms. The Morgan fingerprint density at radius 3 is 3.20 bits per heavy atom. The van der Waals surface area contributed by atoms with Crippen molar-refractivity contribution in [2.45, 2.75) is 19.9 Å². The highest BCUT2D eigenvalue weighted by atomic mass is 127. The number of allylic oxidation sites excluding steroid dienone is 2. The second-order valence-corrected chi connectivity index (χ2v) is 6.84. The van der Waals surface area contributed by atoms with E-state index < -0.39 is 0 Å². The number of imidazole rings is 1. The number of hydrazone groups is 1. The Hall–Kier alpha value is -0.660. The number of nitrogens with zero attached hydrogens (tertiary/aromatic N) is 4. The van der Waals surface area contributed by atoms with Gasteiger partial charge < -0.3 is 9.88 Å². The minimum atomic E-state index is 0.264. The number of aromatic amines is 1. The van der Waals surface area contributed by atoms with Crippen LogP contribution in [0.15, 0.2) is 22.2 Å². The summed E-state index contributed by atoms with van der Waals surface area (Å²) in [4.78, 5) is 20.3. The predicted octanol–water partition coefficient (Wildman–Crippen LogP) is 2.63. The van der Waals surface area contributed by atoms with Crippen molar-refractivity contribution in [3.8, 4) is 0 Å². The smallest absolute Gasteiger partial charge is 0.233 e. The van der Waals surface area contributed by atoms with Crippen LogP contribution in [0.5, 0.6) is 0 Å². The van der Waals surface area contributed by atoms with E-state index in [-0.39, 0.29) is 6.37 Å². The van der Waals surface area contributed by atoms with Crippen molar-refractivity contribution in [3.05, 3.63) is 28.4 Å². The van der Waals surface area contributed by atoms with E-state index in [4.69, 9.17) is 11.6 Å². The molecule has 0 bridgehead atoms. The van der Waals surface area contributed by atoms with E-state index in [1.165, 1.54) is 4.78 Å². The normalized spacial score (nSPS) is 16.6. The molecule has 1 unspecified atom stereocenters. The van der Waals surface area contributed by atoms with Gasteiger partial charge in [0.05, 0.1) is 42.5 Å². The van der Waals surface area contributed by atoms with Gasteiger partial charge in [-0.15, -0.1) is 0 Å². The lowest BCUT2D eigenvalue weighted by Crippen LogP contribution is -2.31. The van der Waals surface area contributed by atoms with Crippen LogP contribution in [0.4, 0.5) is 0 Å². The van der Waals surface area contributed by atoms with E-state index in [9.17, 15) is 4.79 Å². The number of hydrogen-bond donors (Lipinski definition) is 1. The van der Waals surface area contributed by atoms with Gasteiger partial charge in [0.1, 0.15) is 0 Å². The van der Waals surface area contributed by atoms with E-state index in [2.05, 4.69) is 42.0 Å². The largest absolute Gasteiger partial charge is 0.363 e. The number of fused-ring (bicyclic) bond motifs is 1. The van der Waals surface area contributed by atoms with Crippen molar-refractivity contribution in [2.24, 2.45) is 5.10 Å². The van der Waals surface area contributed by atoms with Crippen LogP contribution < -0.4 is 0 Å². The summed E-state index contributed by atoms with van der Waals surface area (Å²) in [6.45, 7) is 3.37. The zero-order valence-electron chi connectivity index (χ0n) is 10.8. The lowest BCUT2D eigenvalue weighted by molar-refractivity contribution is -0.113. The second-order valence-electron chi connectivity index (χ2n) is 4.20. The van der Waals surface area contributed by atoms with E-state index in [1.54, 1.807) is 12.5 Å². The summed E-state index contributed by atoms with van der Waals surface area (Å²) in [6, 6.07) is 0. The summed E-state index contributed by atoms with van der Waals surface area (Å²) in [5.41, 5.74) is 3.03. The lowest BCUT2D eigenvalue weighted by Gasteiger charge is -2.29. The molecule has 0 aromatic carbocycles. The molecular formula is C11H14ClIN5OP. The number of H-pyrrole nitrogens is 1. The van der Waals surface area contributed by atoms with Crippen LogP contribution in [0.25, 0.3) is 0 Å². The molecule has 1 aliphatic rings. The molecule has 1 aromatic rings. The highest BCUT2D eigenvalue weighted by Crippen LogP contribution is 2.26. The summed E-state index contributed by atoms with van der Waals surface area (Å²) in [7, 11) is 0. The van der Waals surface area contributed by atoms with Crippen molar-refractivity contribution in [1.82, 2.24) is 19.6 Å². The van der Waals surface area contributed by atoms with Crippen LogP contribution >= 0.6 is 40.0 Å². The Morgan fingerprint density at radius 1 is 1.75 bits per heavy atom. The van der Waals surface area contributed by atoms with Crippen molar-refractivity contribution in [3.63, 3.8) is 0 Å². The van der Waals surface area contributed by atoms with Crippen molar-refractivity contribution in [1.29, 1.82) is 0 Å². The Bertz CT molecular complexity index is 543. The van der Waals surface area contributed by atoms with Crippen molar-refractivity contribution >= 4 is 52.6 Å². The maximum Gasteiger partial charge on any atom is 0.233 e. The van der Waals surface area contributed by atoms with Gasteiger partial charge in [0.2, 0.25) is 6.41 Å². The summed E-state index contributed by atoms with van der Waals surface area (Å²) in [5, 5.41) is 4.79. The van der Waals surface area contributed by atoms with Gasteiger partial charge in [0.15, 0.2) is 0 Å². The van der Waals surface area contributed by atoms with Crippen LogP contribution in [0, 0.1) is 0 Å². The first-order valence-electron chi connectivity index (χ1n) is 5.93. The topological polar surface area (TPSA) is 64.6 Å². The maximum absolute atomic E-state index is 10.8. The molecule has 1 aliphatic heterocycles. The highest BCUT2D eigenvalue weighted by molar-refractivity contribution is 14.2. The van der Waals surface area contributed by atoms with Gasteiger partial charge in [-0.1, -0.05) is 11.6 Å². The third kappa shape index (κ3) is 3.71. The molecule has 2 rings (SSSR count). The predicted molar refractivity (Wildman–Crippen MR) is 90.0 cm³/mol. The van der Waals surface area contributed by atoms with Crippen molar-refractivity contribution < 1.29 is 4.79 Å². The fraction of sp³-hybridized carbons (Fsp3) is 0.364. The number of hydrogen-bond acceptors (Lipinski definition) is 4. The first-order chi connectivity index (χ1) is 9.65. The van der Waals surface area contributed by atoms with Gasteiger partial charge in [-0.2, -0.15) is 5.10 Å². The number of amides is 1. The van der Waals surface area contributed by atoms with Gasteiger partial charge in [-0.3, -0.25) is 4.79 Å². The molecule has 108 valence electrons. The highest BCUT2D eigenvalue weighted by Gasteiger charge is 2.20. The Labute approximate surface area is 137 Å². The molecule has 1 amide bonds.